The Labute approximate surface area is 483 Å². The van der Waals surface area contributed by atoms with Crippen molar-refractivity contribution >= 4 is 52.3 Å². The van der Waals surface area contributed by atoms with E-state index in [1.54, 1.807) is 73.3 Å². The van der Waals surface area contributed by atoms with Gasteiger partial charge >= 0.3 is 0 Å². The van der Waals surface area contributed by atoms with Crippen molar-refractivity contribution in [2.45, 2.75) is 131 Å². The van der Waals surface area contributed by atoms with E-state index < -0.39 is 0 Å². The Morgan fingerprint density at radius 2 is 0.901 bits per heavy atom. The van der Waals surface area contributed by atoms with Crippen LogP contribution in [0.25, 0.3) is 0 Å². The van der Waals surface area contributed by atoms with Gasteiger partial charge < -0.3 is 47.9 Å². The Morgan fingerprint density at radius 1 is 0.506 bits per heavy atom. The van der Waals surface area contributed by atoms with Crippen LogP contribution in [0.1, 0.15) is 153 Å². The van der Waals surface area contributed by atoms with Crippen molar-refractivity contribution in [3.05, 3.63) is 138 Å². The zero-order valence-corrected chi connectivity index (χ0v) is 48.8. The van der Waals surface area contributed by atoms with Gasteiger partial charge in [0.05, 0.1) is 29.1 Å². The minimum absolute atomic E-state index is 0. The lowest BCUT2D eigenvalue weighted by atomic mass is 9.98. The standard InChI is InChI=1S/2C22H31N5O.C18H24N6O.3H2/c2*1-4-7-16-13-27(14-17(25-16)12-15(2)3)20-10-5-9-19(26-20)21(28)18-8-6-11-24-22(18)23;1-12(2)8-13-11-24(7-6-21-13)16-10-20-9-15(23-16)17(25)14-4-3-5-22-18(14)19;;;/h2*5-6,8-11,15-17,25H,4,7,12-14H2,1-3H3,(H2,23,24);3-5,9-10,12-13,21H,6-8,11H2,1-2H3,(H2,19,22);3*1H/t16-,17+;16-,17-;13-;;;/m100.../s1. The maximum atomic E-state index is 12.9. The molecule has 3 aliphatic heterocycles. The first-order valence-corrected chi connectivity index (χ1v) is 29.0. The molecule has 438 valence electrons. The molecule has 19 nitrogen and oxygen atoms in total. The van der Waals surface area contributed by atoms with E-state index in [0.717, 1.165) is 108 Å². The lowest BCUT2D eigenvalue weighted by Gasteiger charge is -2.40. The molecule has 3 saturated heterocycles. The van der Waals surface area contributed by atoms with Gasteiger partial charge in [-0.2, -0.15) is 0 Å². The molecule has 6 aromatic heterocycles. The quantitative estimate of drug-likeness (QED) is 0.0414. The predicted octanol–water partition coefficient (Wildman–Crippen LogP) is 8.81. The summed E-state index contributed by atoms with van der Waals surface area (Å²) < 4.78 is 0. The van der Waals surface area contributed by atoms with Gasteiger partial charge in [-0.1, -0.05) is 80.4 Å². The number of pyridine rings is 5. The number of piperazine rings is 3. The fourth-order valence-electron chi connectivity index (χ4n) is 11.0. The molecule has 0 radical (unpaired) electrons. The average Bonchev–Trinajstić information content (AvgIpc) is 3.31. The van der Waals surface area contributed by atoms with Gasteiger partial charge in [0.1, 0.15) is 52.0 Å². The molecule has 3 aliphatic rings. The molecule has 19 heteroatoms. The first-order chi connectivity index (χ1) is 39.0. The van der Waals surface area contributed by atoms with Gasteiger partial charge in [-0.05, 0) is 111 Å². The van der Waals surface area contributed by atoms with E-state index >= 15 is 0 Å². The number of carbonyl (C=O) groups is 3. The Hall–Kier alpha value is -7.48. The molecule has 5 atom stereocenters. The van der Waals surface area contributed by atoms with Crippen LogP contribution >= 0.6 is 0 Å². The number of nitrogens with two attached hydrogens (primary N) is 3. The van der Waals surface area contributed by atoms with Crippen LogP contribution in [0.5, 0.6) is 0 Å². The number of nitrogens with zero attached hydrogens (tertiary/aromatic N) is 10. The van der Waals surface area contributed by atoms with E-state index in [0.29, 0.717) is 76.0 Å². The lowest BCUT2D eigenvalue weighted by Crippen LogP contribution is -2.57. The zero-order chi connectivity index (χ0) is 58.0. The summed E-state index contributed by atoms with van der Waals surface area (Å²) >= 11 is 0. The maximum absolute atomic E-state index is 12.9. The van der Waals surface area contributed by atoms with Gasteiger partial charge in [-0.25, -0.2) is 29.9 Å². The van der Waals surface area contributed by atoms with Crippen LogP contribution < -0.4 is 47.9 Å². The molecule has 0 unspecified atom stereocenters. The highest BCUT2D eigenvalue weighted by atomic mass is 16.1. The van der Waals surface area contributed by atoms with Crippen molar-refractivity contribution in [3.63, 3.8) is 0 Å². The number of hydrogen-bond donors (Lipinski definition) is 6. The van der Waals surface area contributed by atoms with Crippen molar-refractivity contribution in [3.8, 4) is 0 Å². The van der Waals surface area contributed by atoms with Crippen LogP contribution in [0.3, 0.4) is 0 Å². The Balaban J connectivity index is 0.000000266. The molecule has 0 saturated carbocycles. The summed E-state index contributed by atoms with van der Waals surface area (Å²) in [6.07, 6.45) is 15.8. The number of nitrogens with one attached hydrogen (secondary N) is 3. The van der Waals surface area contributed by atoms with Crippen LogP contribution in [0.4, 0.5) is 34.9 Å². The molecule has 9 rings (SSSR count). The van der Waals surface area contributed by atoms with Crippen LogP contribution in [0.15, 0.2) is 104 Å². The summed E-state index contributed by atoms with van der Waals surface area (Å²) in [7, 11) is 0. The largest absolute Gasteiger partial charge is 0.383 e. The summed E-state index contributed by atoms with van der Waals surface area (Å²) in [4.78, 5) is 75.3. The molecular weight excluding hydrogens is 1020 g/mol. The van der Waals surface area contributed by atoms with Crippen LogP contribution in [0, 0.1) is 17.8 Å². The van der Waals surface area contributed by atoms with Gasteiger partial charge in [-0.3, -0.25) is 19.4 Å². The maximum Gasteiger partial charge on any atom is 0.216 e. The molecule has 9 N–H and O–H groups in total. The highest BCUT2D eigenvalue weighted by molar-refractivity contribution is 6.11. The van der Waals surface area contributed by atoms with E-state index in [2.05, 4.69) is 121 Å². The van der Waals surface area contributed by atoms with E-state index in [-0.39, 0.29) is 44.8 Å². The molecule has 0 bridgehead atoms. The summed E-state index contributed by atoms with van der Waals surface area (Å²) in [6.45, 7) is 24.1. The third-order valence-electron chi connectivity index (χ3n) is 14.5. The number of rotatable bonds is 19. The summed E-state index contributed by atoms with van der Waals surface area (Å²) in [6, 6.07) is 23.6. The van der Waals surface area contributed by atoms with E-state index in [9.17, 15) is 14.4 Å². The number of carbonyl (C=O) groups excluding carboxylic acids is 3. The molecule has 3 fully saturated rings. The molecule has 0 aromatic carbocycles. The molecule has 0 aliphatic carbocycles. The zero-order valence-electron chi connectivity index (χ0n) is 48.8. The second-order valence-corrected chi connectivity index (χ2v) is 22.8. The van der Waals surface area contributed by atoms with Crippen molar-refractivity contribution in [2.75, 3.05) is 77.7 Å². The van der Waals surface area contributed by atoms with Crippen molar-refractivity contribution in [2.24, 2.45) is 17.8 Å². The predicted molar refractivity (Wildman–Crippen MR) is 331 cm³/mol. The topological polar surface area (TPSA) is 265 Å². The minimum Gasteiger partial charge on any atom is -0.383 e. The second kappa shape index (κ2) is 29.8. The summed E-state index contributed by atoms with van der Waals surface area (Å²) in [5.74, 6) is 4.38. The Bertz CT molecular complexity index is 2870. The number of hydrogen-bond acceptors (Lipinski definition) is 19. The van der Waals surface area contributed by atoms with E-state index in [1.165, 1.54) is 6.20 Å². The Morgan fingerprint density at radius 3 is 1.32 bits per heavy atom. The van der Waals surface area contributed by atoms with Gasteiger partial charge in [0.2, 0.25) is 17.3 Å². The van der Waals surface area contributed by atoms with Crippen LogP contribution in [0.2, 0.25) is 0 Å². The lowest BCUT2D eigenvalue weighted by molar-refractivity contribution is 0.102. The molecule has 6 aromatic rings. The molecule has 0 spiro atoms. The SMILES string of the molecule is CC(C)C[C@H]1CN(c2cncc(C(=O)c3cccnc3N)n2)CCN1.CCC[C@@H]1CN(c2cccc(C(=O)c3cccnc3N)n2)C[C@H](CC(C)C)N1.CCC[C@H]1CN(c2cccc(C(=O)c3cccnc3N)n2)C[C@H](CC(C)C)N1.[HH].[HH].[HH]. The first kappa shape index (κ1) is 61.1. The van der Waals surface area contributed by atoms with E-state index in [4.69, 9.17) is 17.2 Å². The van der Waals surface area contributed by atoms with Crippen LogP contribution in [-0.2, 0) is 0 Å². The van der Waals surface area contributed by atoms with Gasteiger partial charge in [0.25, 0.3) is 0 Å². The number of aromatic nitrogens is 7. The summed E-state index contributed by atoms with van der Waals surface area (Å²) in [5, 5.41) is 11.1. The Kier molecular flexibility index (Phi) is 22.5. The van der Waals surface area contributed by atoms with Crippen LogP contribution in [-0.4, -0.2) is 128 Å². The van der Waals surface area contributed by atoms with Gasteiger partial charge in [0.15, 0.2) is 0 Å². The number of anilines is 6. The highest BCUT2D eigenvalue weighted by Crippen LogP contribution is 2.25. The molecular formula is C62H92N16O3. The average molecular weight is 1110 g/mol. The smallest absolute Gasteiger partial charge is 0.216 e. The highest BCUT2D eigenvalue weighted by Gasteiger charge is 2.30. The monoisotopic (exact) mass is 1110 g/mol. The van der Waals surface area contributed by atoms with Crippen molar-refractivity contribution in [1.82, 2.24) is 50.8 Å². The van der Waals surface area contributed by atoms with Gasteiger partial charge in [0, 0.05) is 98.9 Å². The molecule has 9 heterocycles. The first-order valence-electron chi connectivity index (χ1n) is 29.0. The minimum atomic E-state index is -0.256. The van der Waals surface area contributed by atoms with E-state index in [1.807, 2.05) is 24.3 Å². The number of ketones is 3. The van der Waals surface area contributed by atoms with Crippen molar-refractivity contribution < 1.29 is 18.7 Å². The third-order valence-corrected chi connectivity index (χ3v) is 14.5. The second-order valence-electron chi connectivity index (χ2n) is 22.8. The third kappa shape index (κ3) is 17.5. The summed E-state index contributed by atoms with van der Waals surface area (Å²) in [5.41, 5.74) is 19.8. The fourth-order valence-corrected chi connectivity index (χ4v) is 11.0. The molecule has 81 heavy (non-hydrogen) atoms. The van der Waals surface area contributed by atoms with Crippen molar-refractivity contribution in [1.29, 1.82) is 0 Å². The normalized spacial score (nSPS) is 19.1. The van der Waals surface area contributed by atoms with Gasteiger partial charge in [-0.15, -0.1) is 0 Å². The fraction of sp³-hybridized carbons (Fsp3) is 0.484. The molecule has 0 amide bonds. The number of nitrogen functional groups attached to an aromatic ring is 3.